The van der Waals surface area contributed by atoms with Crippen molar-refractivity contribution in [3.63, 3.8) is 0 Å². The quantitative estimate of drug-likeness (QED) is 0.656. The lowest BCUT2D eigenvalue weighted by Gasteiger charge is -2.31. The van der Waals surface area contributed by atoms with Crippen molar-refractivity contribution in [1.82, 2.24) is 0 Å². The van der Waals surface area contributed by atoms with Crippen LogP contribution in [0.25, 0.3) is 0 Å². The summed E-state index contributed by atoms with van der Waals surface area (Å²) in [6, 6.07) is 10.0. The molecular formula is C15H23O. The molecule has 0 fully saturated rings. The van der Waals surface area contributed by atoms with E-state index in [1.165, 1.54) is 12.8 Å². The maximum absolute atomic E-state index is 5.87. The predicted molar refractivity (Wildman–Crippen MR) is 69.5 cm³/mol. The van der Waals surface area contributed by atoms with Gasteiger partial charge in [-0.05, 0) is 31.4 Å². The Hall–Kier alpha value is -0.980. The third kappa shape index (κ3) is 3.55. The summed E-state index contributed by atoms with van der Waals surface area (Å²) in [5.74, 6) is 0.963. The number of para-hydroxylation sites is 1. The van der Waals surface area contributed by atoms with E-state index in [-0.39, 0.29) is 5.41 Å². The van der Waals surface area contributed by atoms with Gasteiger partial charge in [0.1, 0.15) is 5.75 Å². The van der Waals surface area contributed by atoms with Crippen LogP contribution in [0.2, 0.25) is 0 Å². The Balaban J connectivity index is 2.56. The van der Waals surface area contributed by atoms with E-state index in [1.807, 2.05) is 30.3 Å². The molecule has 0 saturated heterocycles. The smallest absolute Gasteiger partial charge is 0.119 e. The van der Waals surface area contributed by atoms with Crippen molar-refractivity contribution in [3.8, 4) is 5.75 Å². The fraction of sp³-hybridized carbons (Fsp3) is 0.533. The van der Waals surface area contributed by atoms with Crippen LogP contribution in [0.3, 0.4) is 0 Å². The normalized spacial score (nSPS) is 11.4. The number of ether oxygens (including phenoxy) is 1. The van der Waals surface area contributed by atoms with Crippen LogP contribution in [0, 0.1) is 12.3 Å². The van der Waals surface area contributed by atoms with Gasteiger partial charge in [0.15, 0.2) is 0 Å². The fourth-order valence-electron chi connectivity index (χ4n) is 2.01. The van der Waals surface area contributed by atoms with Gasteiger partial charge in [-0.3, -0.25) is 0 Å². The summed E-state index contributed by atoms with van der Waals surface area (Å²) in [5.41, 5.74) is 0.255. The Morgan fingerprint density at radius 3 is 2.38 bits per heavy atom. The minimum atomic E-state index is 0.255. The van der Waals surface area contributed by atoms with Crippen molar-refractivity contribution in [3.05, 3.63) is 37.3 Å². The molecule has 1 nitrogen and oxygen atoms in total. The summed E-state index contributed by atoms with van der Waals surface area (Å²) < 4.78 is 5.87. The van der Waals surface area contributed by atoms with Crippen LogP contribution in [-0.4, -0.2) is 6.61 Å². The summed E-state index contributed by atoms with van der Waals surface area (Å²) in [4.78, 5) is 0. The van der Waals surface area contributed by atoms with Crippen LogP contribution in [0.4, 0.5) is 0 Å². The van der Waals surface area contributed by atoms with E-state index >= 15 is 0 Å². The molecule has 0 aliphatic rings. The van der Waals surface area contributed by atoms with Crippen molar-refractivity contribution in [2.24, 2.45) is 5.41 Å². The van der Waals surface area contributed by atoms with Crippen molar-refractivity contribution in [1.29, 1.82) is 0 Å². The molecule has 0 N–H and O–H groups in total. The molecule has 16 heavy (non-hydrogen) atoms. The average Bonchev–Trinajstić information content (AvgIpc) is 2.36. The van der Waals surface area contributed by atoms with Crippen LogP contribution in [0.1, 0.15) is 39.5 Å². The van der Waals surface area contributed by atoms with Crippen LogP contribution in [-0.2, 0) is 0 Å². The van der Waals surface area contributed by atoms with E-state index in [9.17, 15) is 0 Å². The molecule has 0 aromatic heterocycles. The lowest BCUT2D eigenvalue weighted by Crippen LogP contribution is -2.27. The van der Waals surface area contributed by atoms with E-state index < -0.39 is 0 Å². The van der Waals surface area contributed by atoms with Gasteiger partial charge >= 0.3 is 0 Å². The summed E-state index contributed by atoms with van der Waals surface area (Å²) in [6.07, 6.45) is 4.47. The zero-order valence-corrected chi connectivity index (χ0v) is 10.5. The molecule has 89 valence electrons. The molecule has 1 heteroatoms. The maximum Gasteiger partial charge on any atom is 0.119 e. The molecule has 0 saturated carbocycles. The first-order valence-corrected chi connectivity index (χ1v) is 6.23. The Morgan fingerprint density at radius 1 is 1.19 bits per heavy atom. The molecule has 0 amide bonds. The number of rotatable bonds is 7. The summed E-state index contributed by atoms with van der Waals surface area (Å²) in [6.45, 7) is 9.32. The lowest BCUT2D eigenvalue weighted by molar-refractivity contribution is 0.128. The average molecular weight is 219 g/mol. The second-order valence-electron chi connectivity index (χ2n) is 4.46. The first-order chi connectivity index (χ1) is 7.76. The highest BCUT2D eigenvalue weighted by Crippen LogP contribution is 2.32. The molecule has 0 aliphatic heterocycles. The van der Waals surface area contributed by atoms with Gasteiger partial charge in [-0.2, -0.15) is 0 Å². The molecule has 1 radical (unpaired) electrons. The van der Waals surface area contributed by atoms with Crippen molar-refractivity contribution >= 4 is 0 Å². The summed E-state index contributed by atoms with van der Waals surface area (Å²) in [5, 5.41) is 0. The first-order valence-electron chi connectivity index (χ1n) is 6.23. The van der Waals surface area contributed by atoms with Crippen LogP contribution in [0.15, 0.2) is 30.3 Å². The number of benzene rings is 1. The molecule has 0 aliphatic carbocycles. The Bertz CT molecular complexity index is 275. The number of hydrogen-bond acceptors (Lipinski definition) is 1. The highest BCUT2D eigenvalue weighted by atomic mass is 16.5. The second kappa shape index (κ2) is 6.57. The largest absolute Gasteiger partial charge is 0.493 e. The fourth-order valence-corrected chi connectivity index (χ4v) is 2.01. The van der Waals surface area contributed by atoms with Gasteiger partial charge < -0.3 is 4.74 Å². The number of hydrogen-bond donors (Lipinski definition) is 0. The van der Waals surface area contributed by atoms with E-state index in [1.54, 1.807) is 0 Å². The van der Waals surface area contributed by atoms with Crippen molar-refractivity contribution in [2.45, 2.75) is 39.5 Å². The minimum absolute atomic E-state index is 0.255. The zero-order valence-electron chi connectivity index (χ0n) is 10.5. The van der Waals surface area contributed by atoms with Gasteiger partial charge in [-0.25, -0.2) is 0 Å². The monoisotopic (exact) mass is 219 g/mol. The third-order valence-electron chi connectivity index (χ3n) is 3.35. The lowest BCUT2D eigenvalue weighted by atomic mass is 9.79. The summed E-state index contributed by atoms with van der Waals surface area (Å²) >= 11 is 0. The van der Waals surface area contributed by atoms with E-state index in [2.05, 4.69) is 20.8 Å². The molecule has 0 spiro atoms. The Morgan fingerprint density at radius 2 is 1.88 bits per heavy atom. The molecule has 0 heterocycles. The molecule has 1 rings (SSSR count). The van der Waals surface area contributed by atoms with E-state index in [0.717, 1.165) is 25.2 Å². The highest BCUT2D eigenvalue weighted by molar-refractivity contribution is 5.21. The van der Waals surface area contributed by atoms with Gasteiger partial charge in [-0.1, -0.05) is 45.4 Å². The molecule has 1 atom stereocenters. The van der Waals surface area contributed by atoms with Crippen molar-refractivity contribution < 1.29 is 4.74 Å². The molecular weight excluding hydrogens is 196 g/mol. The van der Waals surface area contributed by atoms with Crippen molar-refractivity contribution in [2.75, 3.05) is 6.61 Å². The van der Waals surface area contributed by atoms with Gasteiger partial charge in [0.05, 0.1) is 6.61 Å². The third-order valence-corrected chi connectivity index (χ3v) is 3.35. The van der Waals surface area contributed by atoms with Gasteiger partial charge in [-0.15, -0.1) is 0 Å². The maximum atomic E-state index is 5.87. The minimum Gasteiger partial charge on any atom is -0.493 e. The van der Waals surface area contributed by atoms with Gasteiger partial charge in [0.2, 0.25) is 0 Å². The SMILES string of the molecule is [CH2]CC(CC)(CCC)COc1ccccc1. The topological polar surface area (TPSA) is 9.23 Å². The molecule has 1 aromatic rings. The van der Waals surface area contributed by atoms with Crippen LogP contribution in [0.5, 0.6) is 5.75 Å². The summed E-state index contributed by atoms with van der Waals surface area (Å²) in [7, 11) is 0. The Labute approximate surface area is 99.8 Å². The zero-order chi connectivity index (χ0) is 11.9. The second-order valence-corrected chi connectivity index (χ2v) is 4.46. The first kappa shape index (κ1) is 13.1. The Kier molecular flexibility index (Phi) is 5.37. The molecule has 1 aromatic carbocycles. The molecule has 0 bridgehead atoms. The van der Waals surface area contributed by atoms with Gasteiger partial charge in [0.25, 0.3) is 0 Å². The molecule has 1 unspecified atom stereocenters. The van der Waals surface area contributed by atoms with Crippen LogP contribution >= 0.6 is 0 Å². The standard InChI is InChI=1S/C15H23O/c1-4-12-15(5-2,6-3)13-16-14-10-8-7-9-11-14/h7-11H,2,4-6,12-13H2,1,3H3. The highest BCUT2D eigenvalue weighted by Gasteiger charge is 2.25. The van der Waals surface area contributed by atoms with Gasteiger partial charge in [0, 0.05) is 5.41 Å². The van der Waals surface area contributed by atoms with Crippen LogP contribution < -0.4 is 4.74 Å². The predicted octanol–water partition coefficient (Wildman–Crippen LogP) is 4.49. The van der Waals surface area contributed by atoms with E-state index in [0.29, 0.717) is 0 Å². The van der Waals surface area contributed by atoms with E-state index in [4.69, 9.17) is 4.74 Å².